The van der Waals surface area contributed by atoms with Gasteiger partial charge in [0.15, 0.2) is 12.4 Å². The topological polar surface area (TPSA) is 100 Å². The minimum Gasteiger partial charge on any atom is -0.494 e. The number of aryl methyl sites for hydroxylation is 1. The molecule has 0 bridgehead atoms. The van der Waals surface area contributed by atoms with Crippen molar-refractivity contribution in [1.29, 1.82) is 5.26 Å². The van der Waals surface area contributed by atoms with E-state index in [-0.39, 0.29) is 33.9 Å². The number of ether oxygens (including phenoxy) is 2. The molecule has 184 valence electrons. The highest BCUT2D eigenvalue weighted by Gasteiger charge is 2.14. The predicted molar refractivity (Wildman–Crippen MR) is 142 cm³/mol. The number of carbonyl (C=O) groups is 2. The molecule has 3 aromatic carbocycles. The highest BCUT2D eigenvalue weighted by atomic mass is 35.5. The number of hydrogen-bond donors (Lipinski definition) is 2. The van der Waals surface area contributed by atoms with Gasteiger partial charge in [-0.05, 0) is 79.6 Å². The number of nitrogens with zero attached hydrogens (tertiary/aromatic N) is 1. The van der Waals surface area contributed by atoms with Gasteiger partial charge in [-0.25, -0.2) is 0 Å². The molecule has 0 fully saturated rings. The van der Waals surface area contributed by atoms with Crippen molar-refractivity contribution in [2.75, 3.05) is 23.8 Å². The molecule has 0 spiro atoms. The summed E-state index contributed by atoms with van der Waals surface area (Å²) >= 11 is 12.6. The van der Waals surface area contributed by atoms with Gasteiger partial charge in [0.05, 0.1) is 16.7 Å². The molecule has 0 aliphatic rings. The van der Waals surface area contributed by atoms with Crippen LogP contribution in [0.2, 0.25) is 10.0 Å². The number of halogens is 2. The van der Waals surface area contributed by atoms with Gasteiger partial charge in [0.25, 0.3) is 11.8 Å². The molecule has 0 saturated heterocycles. The smallest absolute Gasteiger partial charge is 0.266 e. The highest BCUT2D eigenvalue weighted by Crippen LogP contribution is 2.35. The quantitative estimate of drug-likeness (QED) is 0.254. The molecule has 36 heavy (non-hydrogen) atoms. The summed E-state index contributed by atoms with van der Waals surface area (Å²) in [4.78, 5) is 24.8. The Kier molecular flexibility index (Phi) is 9.34. The van der Waals surface area contributed by atoms with Gasteiger partial charge in [-0.2, -0.15) is 5.26 Å². The van der Waals surface area contributed by atoms with E-state index >= 15 is 0 Å². The molecule has 0 atom stereocenters. The minimum atomic E-state index is -0.595. The van der Waals surface area contributed by atoms with Crippen LogP contribution in [-0.4, -0.2) is 25.0 Å². The monoisotopic (exact) mass is 523 g/mol. The Balaban J connectivity index is 1.67. The minimum absolute atomic E-state index is 0.118. The average molecular weight is 524 g/mol. The van der Waals surface area contributed by atoms with Crippen LogP contribution in [-0.2, 0) is 9.59 Å². The largest absolute Gasteiger partial charge is 0.494 e. The van der Waals surface area contributed by atoms with Crippen molar-refractivity contribution >= 4 is 52.5 Å². The van der Waals surface area contributed by atoms with E-state index in [0.29, 0.717) is 29.3 Å². The van der Waals surface area contributed by atoms with Gasteiger partial charge in [-0.3, -0.25) is 9.59 Å². The van der Waals surface area contributed by atoms with Gasteiger partial charge in [0, 0.05) is 11.4 Å². The maximum atomic E-state index is 12.6. The van der Waals surface area contributed by atoms with Crippen LogP contribution in [0.4, 0.5) is 11.4 Å². The predicted octanol–water partition coefficient (Wildman–Crippen LogP) is 6.26. The normalized spacial score (nSPS) is 10.8. The molecular weight excluding hydrogens is 501 g/mol. The van der Waals surface area contributed by atoms with Crippen molar-refractivity contribution in [3.8, 4) is 17.6 Å². The van der Waals surface area contributed by atoms with Gasteiger partial charge < -0.3 is 20.1 Å². The second kappa shape index (κ2) is 12.6. The van der Waals surface area contributed by atoms with E-state index < -0.39 is 5.91 Å². The van der Waals surface area contributed by atoms with Gasteiger partial charge in [0.2, 0.25) is 0 Å². The van der Waals surface area contributed by atoms with Crippen LogP contribution in [0.1, 0.15) is 18.1 Å². The summed E-state index contributed by atoms with van der Waals surface area (Å²) in [5.74, 6) is -0.186. The molecule has 0 unspecified atom stereocenters. The summed E-state index contributed by atoms with van der Waals surface area (Å²) in [6.07, 6.45) is 1.36. The summed E-state index contributed by atoms with van der Waals surface area (Å²) in [7, 11) is 0. The fourth-order valence-corrected chi connectivity index (χ4v) is 3.79. The number of anilines is 2. The average Bonchev–Trinajstić information content (AvgIpc) is 2.83. The number of nitriles is 1. The lowest BCUT2D eigenvalue weighted by Crippen LogP contribution is -2.20. The molecule has 0 aliphatic heterocycles. The molecule has 0 aromatic heterocycles. The summed E-state index contributed by atoms with van der Waals surface area (Å²) in [6, 6.07) is 19.0. The lowest BCUT2D eigenvalue weighted by molar-refractivity contribution is -0.118. The van der Waals surface area contributed by atoms with Crippen molar-refractivity contribution in [2.45, 2.75) is 13.8 Å². The van der Waals surface area contributed by atoms with Crippen LogP contribution in [0.5, 0.6) is 11.5 Å². The van der Waals surface area contributed by atoms with Crippen molar-refractivity contribution in [1.82, 2.24) is 0 Å². The first-order valence-corrected chi connectivity index (χ1v) is 11.7. The molecule has 0 heterocycles. The molecule has 7 nitrogen and oxygen atoms in total. The van der Waals surface area contributed by atoms with E-state index in [1.54, 1.807) is 30.3 Å². The fourth-order valence-electron chi connectivity index (χ4n) is 3.17. The molecule has 2 N–H and O–H groups in total. The lowest BCUT2D eigenvalue weighted by atomic mass is 10.1. The molecule has 3 aromatic rings. The first-order chi connectivity index (χ1) is 17.3. The molecule has 9 heteroatoms. The van der Waals surface area contributed by atoms with Crippen LogP contribution in [0.25, 0.3) is 6.08 Å². The van der Waals surface area contributed by atoms with Gasteiger partial charge in [-0.15, -0.1) is 0 Å². The van der Waals surface area contributed by atoms with Gasteiger partial charge in [-0.1, -0.05) is 35.3 Å². The zero-order valence-corrected chi connectivity index (χ0v) is 21.1. The Morgan fingerprint density at radius 2 is 1.67 bits per heavy atom. The van der Waals surface area contributed by atoms with E-state index in [1.165, 1.54) is 18.2 Å². The molecule has 2 amide bonds. The number of hydrogen-bond acceptors (Lipinski definition) is 5. The van der Waals surface area contributed by atoms with Crippen LogP contribution >= 0.6 is 23.2 Å². The Hall–Kier alpha value is -3.99. The van der Waals surface area contributed by atoms with Crippen LogP contribution < -0.4 is 20.1 Å². The third-order valence-corrected chi connectivity index (χ3v) is 5.33. The SMILES string of the molecule is CCOc1ccc(NC(=O)/C(C#N)=C/c2cc(Cl)c(OCC(=O)Nc3cccc(C)c3)c(Cl)c2)cc1. The summed E-state index contributed by atoms with van der Waals surface area (Å²) in [5, 5.41) is 15.1. The maximum absolute atomic E-state index is 12.6. The zero-order valence-electron chi connectivity index (χ0n) is 19.6. The summed E-state index contributed by atoms with van der Waals surface area (Å²) in [5.41, 5.74) is 2.43. The third-order valence-electron chi connectivity index (χ3n) is 4.77. The maximum Gasteiger partial charge on any atom is 0.266 e. The van der Waals surface area contributed by atoms with E-state index in [2.05, 4.69) is 10.6 Å². The Bertz CT molecular complexity index is 1310. The van der Waals surface area contributed by atoms with Crippen LogP contribution in [0.15, 0.2) is 66.2 Å². The van der Waals surface area contributed by atoms with Crippen molar-refractivity contribution in [2.24, 2.45) is 0 Å². The van der Waals surface area contributed by atoms with Crippen LogP contribution in [0, 0.1) is 18.3 Å². The summed E-state index contributed by atoms with van der Waals surface area (Å²) < 4.78 is 10.9. The van der Waals surface area contributed by atoms with Crippen molar-refractivity contribution in [3.05, 3.63) is 87.4 Å². The Morgan fingerprint density at radius 3 is 2.28 bits per heavy atom. The summed E-state index contributed by atoms with van der Waals surface area (Å²) in [6.45, 7) is 4.02. The molecule has 0 radical (unpaired) electrons. The van der Waals surface area contributed by atoms with Crippen LogP contribution in [0.3, 0.4) is 0 Å². The van der Waals surface area contributed by atoms with Crippen molar-refractivity contribution in [3.63, 3.8) is 0 Å². The number of nitrogens with one attached hydrogen (secondary N) is 2. The van der Waals surface area contributed by atoms with Gasteiger partial charge in [0.1, 0.15) is 17.4 Å². The van der Waals surface area contributed by atoms with E-state index in [4.69, 9.17) is 32.7 Å². The highest BCUT2D eigenvalue weighted by molar-refractivity contribution is 6.37. The lowest BCUT2D eigenvalue weighted by Gasteiger charge is -2.12. The number of rotatable bonds is 9. The number of benzene rings is 3. The standard InChI is InChI=1S/C27H23Cl2N3O4/c1-3-35-22-9-7-20(8-10-22)32-27(34)19(15-30)12-18-13-23(28)26(24(29)14-18)36-16-25(33)31-21-6-4-5-17(2)11-21/h4-14H,3,16H2,1-2H3,(H,31,33)(H,32,34)/b19-12+. The van der Waals surface area contributed by atoms with E-state index in [1.807, 2.05) is 38.1 Å². The second-order valence-electron chi connectivity index (χ2n) is 7.60. The van der Waals surface area contributed by atoms with E-state index in [0.717, 1.165) is 5.56 Å². The first kappa shape index (κ1) is 26.6. The van der Waals surface area contributed by atoms with E-state index in [9.17, 15) is 14.9 Å². The first-order valence-electron chi connectivity index (χ1n) is 10.9. The second-order valence-corrected chi connectivity index (χ2v) is 8.42. The molecule has 3 rings (SSSR count). The van der Waals surface area contributed by atoms with Crippen molar-refractivity contribution < 1.29 is 19.1 Å². The molecule has 0 aliphatic carbocycles. The van der Waals surface area contributed by atoms with Gasteiger partial charge >= 0.3 is 0 Å². The molecule has 0 saturated carbocycles. The Labute approximate surface area is 219 Å². The molecular formula is C27H23Cl2N3O4. The Morgan fingerprint density at radius 1 is 0.972 bits per heavy atom. The zero-order chi connectivity index (χ0) is 26.1. The fraction of sp³-hybridized carbons (Fsp3) is 0.148. The number of amides is 2. The number of carbonyl (C=O) groups excluding carboxylic acids is 2. The third kappa shape index (κ3) is 7.51.